The molecule has 3 nitrogen and oxygen atoms in total. The summed E-state index contributed by atoms with van der Waals surface area (Å²) in [6.07, 6.45) is 4.26. The predicted molar refractivity (Wildman–Crippen MR) is 72.2 cm³/mol. The van der Waals surface area contributed by atoms with Gasteiger partial charge in [0, 0.05) is 6.42 Å². The lowest BCUT2D eigenvalue weighted by molar-refractivity contribution is 0.0845. The topological polar surface area (TPSA) is 38.3 Å². The number of hydrogen-bond acceptors (Lipinski definition) is 3. The number of carbonyl (C=O) groups excluding carboxylic acids is 1. The number of carbonyl (C=O) groups is 1. The zero-order chi connectivity index (χ0) is 12.8. The normalized spacial score (nSPS) is 21.6. The molecule has 0 spiro atoms. The maximum absolute atomic E-state index is 11.6. The lowest BCUT2D eigenvalue weighted by Crippen LogP contribution is -2.25. The molecular formula is C15H21NO2. The van der Waals surface area contributed by atoms with E-state index < -0.39 is 0 Å². The van der Waals surface area contributed by atoms with Gasteiger partial charge in [0.1, 0.15) is 11.9 Å². The van der Waals surface area contributed by atoms with Crippen LogP contribution in [0.2, 0.25) is 0 Å². The Morgan fingerprint density at radius 1 is 1.28 bits per heavy atom. The molecule has 1 fully saturated rings. The average molecular weight is 247 g/mol. The van der Waals surface area contributed by atoms with Crippen molar-refractivity contribution < 1.29 is 9.53 Å². The molecular weight excluding hydrogens is 226 g/mol. The fourth-order valence-corrected chi connectivity index (χ4v) is 2.19. The van der Waals surface area contributed by atoms with Crippen LogP contribution in [0.4, 0.5) is 0 Å². The van der Waals surface area contributed by atoms with Crippen molar-refractivity contribution >= 4 is 5.78 Å². The van der Waals surface area contributed by atoms with Crippen LogP contribution in [0.3, 0.4) is 0 Å². The van der Waals surface area contributed by atoms with Crippen LogP contribution in [-0.4, -0.2) is 25.0 Å². The number of ketones is 1. The molecule has 1 unspecified atom stereocenters. The first-order valence-electron chi connectivity index (χ1n) is 6.81. The molecule has 0 saturated carbocycles. The second-order valence-electron chi connectivity index (χ2n) is 4.73. The first-order chi connectivity index (χ1) is 8.81. The highest BCUT2D eigenvalue weighted by Gasteiger charge is 2.24. The van der Waals surface area contributed by atoms with Crippen LogP contribution in [-0.2, 0) is 0 Å². The van der Waals surface area contributed by atoms with Gasteiger partial charge < -0.3 is 10.1 Å². The van der Waals surface area contributed by atoms with E-state index in [1.54, 1.807) is 0 Å². The molecule has 1 atom stereocenters. The van der Waals surface area contributed by atoms with Crippen LogP contribution < -0.4 is 10.1 Å². The van der Waals surface area contributed by atoms with Gasteiger partial charge in [0.25, 0.3) is 0 Å². The maximum atomic E-state index is 11.6. The van der Waals surface area contributed by atoms with E-state index in [0.717, 1.165) is 17.7 Å². The molecule has 0 radical (unpaired) electrons. The highest BCUT2D eigenvalue weighted by molar-refractivity contribution is 5.99. The van der Waals surface area contributed by atoms with Crippen molar-refractivity contribution in [1.29, 1.82) is 0 Å². The Kier molecular flexibility index (Phi) is 4.76. The average Bonchev–Trinajstić information content (AvgIpc) is 2.98. The summed E-state index contributed by atoms with van der Waals surface area (Å²) in [7, 11) is 0. The van der Waals surface area contributed by atoms with E-state index in [9.17, 15) is 4.79 Å². The van der Waals surface area contributed by atoms with Gasteiger partial charge in [-0.1, -0.05) is 19.1 Å². The summed E-state index contributed by atoms with van der Waals surface area (Å²) in [6, 6.07) is 7.44. The smallest absolute Gasteiger partial charge is 0.170 e. The molecule has 0 aromatic heterocycles. The van der Waals surface area contributed by atoms with Crippen LogP contribution in [0.5, 0.6) is 5.75 Å². The summed E-state index contributed by atoms with van der Waals surface area (Å²) in [5, 5.41) is 3.22. The van der Waals surface area contributed by atoms with E-state index in [1.807, 2.05) is 31.2 Å². The van der Waals surface area contributed by atoms with Gasteiger partial charge in [-0.2, -0.15) is 0 Å². The minimum atomic E-state index is 0.0717. The standard InChI is InChI=1S/C11H12O2.C4H9N/c1-2-8-7-10(12)9-5-3-4-6-11(9)13-8;1-2-4-5-3-1/h3-6,8H,2,7H2,1H3;5H,1-4H2. The van der Waals surface area contributed by atoms with Crippen LogP contribution in [0, 0.1) is 0 Å². The number of nitrogens with one attached hydrogen (secondary N) is 1. The van der Waals surface area contributed by atoms with E-state index in [4.69, 9.17) is 4.74 Å². The summed E-state index contributed by atoms with van der Waals surface area (Å²) in [6.45, 7) is 4.53. The Morgan fingerprint density at radius 3 is 2.61 bits per heavy atom. The second-order valence-corrected chi connectivity index (χ2v) is 4.73. The van der Waals surface area contributed by atoms with Crippen molar-refractivity contribution in [3.63, 3.8) is 0 Å². The SMILES string of the molecule is C1CCNC1.CCC1CC(=O)c2ccccc2O1. The number of hydrogen-bond donors (Lipinski definition) is 1. The van der Waals surface area contributed by atoms with Gasteiger partial charge in [0.2, 0.25) is 0 Å². The van der Waals surface area contributed by atoms with Crippen molar-refractivity contribution in [2.45, 2.75) is 38.7 Å². The highest BCUT2D eigenvalue weighted by Crippen LogP contribution is 2.27. The molecule has 3 rings (SSSR count). The largest absolute Gasteiger partial charge is 0.489 e. The first-order valence-corrected chi connectivity index (χ1v) is 6.81. The van der Waals surface area contributed by atoms with Gasteiger partial charge in [-0.05, 0) is 44.5 Å². The molecule has 2 heterocycles. The number of ether oxygens (including phenoxy) is 1. The van der Waals surface area contributed by atoms with Crippen LogP contribution >= 0.6 is 0 Å². The lowest BCUT2D eigenvalue weighted by Gasteiger charge is -2.23. The Bertz CT molecular complexity index is 392. The molecule has 18 heavy (non-hydrogen) atoms. The molecule has 3 heteroatoms. The van der Waals surface area contributed by atoms with Gasteiger partial charge in [-0.25, -0.2) is 0 Å². The minimum Gasteiger partial charge on any atom is -0.489 e. The molecule has 1 aromatic carbocycles. The van der Waals surface area contributed by atoms with Crippen molar-refractivity contribution in [1.82, 2.24) is 5.32 Å². The monoisotopic (exact) mass is 247 g/mol. The van der Waals surface area contributed by atoms with E-state index in [-0.39, 0.29) is 11.9 Å². The number of benzene rings is 1. The first kappa shape index (κ1) is 13.1. The number of rotatable bonds is 1. The van der Waals surface area contributed by atoms with E-state index in [0.29, 0.717) is 6.42 Å². The summed E-state index contributed by atoms with van der Waals surface area (Å²) in [5.41, 5.74) is 0.729. The third kappa shape index (κ3) is 3.33. The Balaban J connectivity index is 0.000000202. The zero-order valence-corrected chi connectivity index (χ0v) is 10.9. The van der Waals surface area contributed by atoms with Crippen molar-refractivity contribution in [2.75, 3.05) is 13.1 Å². The van der Waals surface area contributed by atoms with Crippen LogP contribution in [0.1, 0.15) is 43.0 Å². The summed E-state index contributed by atoms with van der Waals surface area (Å²) < 4.78 is 5.63. The van der Waals surface area contributed by atoms with Crippen LogP contribution in [0.15, 0.2) is 24.3 Å². The fourth-order valence-electron chi connectivity index (χ4n) is 2.19. The Hall–Kier alpha value is -1.35. The number of para-hydroxylation sites is 1. The van der Waals surface area contributed by atoms with Gasteiger partial charge in [-0.3, -0.25) is 4.79 Å². The highest BCUT2D eigenvalue weighted by atomic mass is 16.5. The molecule has 1 aromatic rings. The lowest BCUT2D eigenvalue weighted by atomic mass is 10.00. The Morgan fingerprint density at radius 2 is 2.00 bits per heavy atom. The van der Waals surface area contributed by atoms with Crippen molar-refractivity contribution in [3.05, 3.63) is 29.8 Å². The molecule has 0 bridgehead atoms. The van der Waals surface area contributed by atoms with Crippen molar-refractivity contribution in [2.24, 2.45) is 0 Å². The molecule has 2 aliphatic rings. The molecule has 1 saturated heterocycles. The third-order valence-corrected chi connectivity index (χ3v) is 3.31. The third-order valence-electron chi connectivity index (χ3n) is 3.31. The quantitative estimate of drug-likeness (QED) is 0.829. The van der Waals surface area contributed by atoms with E-state index >= 15 is 0 Å². The van der Waals surface area contributed by atoms with Crippen LogP contribution in [0.25, 0.3) is 0 Å². The molecule has 98 valence electrons. The number of fused-ring (bicyclic) bond motifs is 1. The second kappa shape index (κ2) is 6.55. The number of Topliss-reactive ketones (excluding diaryl/α,β-unsaturated/α-hetero) is 1. The summed E-state index contributed by atoms with van der Waals surface area (Å²) in [5.74, 6) is 0.944. The molecule has 2 aliphatic heterocycles. The van der Waals surface area contributed by atoms with Gasteiger partial charge in [0.05, 0.1) is 5.56 Å². The van der Waals surface area contributed by atoms with E-state index in [1.165, 1.54) is 25.9 Å². The van der Waals surface area contributed by atoms with Crippen molar-refractivity contribution in [3.8, 4) is 5.75 Å². The summed E-state index contributed by atoms with van der Waals surface area (Å²) >= 11 is 0. The predicted octanol–water partition coefficient (Wildman–Crippen LogP) is 2.80. The maximum Gasteiger partial charge on any atom is 0.170 e. The van der Waals surface area contributed by atoms with Gasteiger partial charge in [-0.15, -0.1) is 0 Å². The van der Waals surface area contributed by atoms with Gasteiger partial charge >= 0.3 is 0 Å². The molecule has 0 aliphatic carbocycles. The van der Waals surface area contributed by atoms with E-state index in [2.05, 4.69) is 5.32 Å². The fraction of sp³-hybridized carbons (Fsp3) is 0.533. The molecule has 0 amide bonds. The minimum absolute atomic E-state index is 0.0717. The zero-order valence-electron chi connectivity index (χ0n) is 10.9. The summed E-state index contributed by atoms with van der Waals surface area (Å²) in [4.78, 5) is 11.6. The molecule has 1 N–H and O–H groups in total. The van der Waals surface area contributed by atoms with Gasteiger partial charge in [0.15, 0.2) is 5.78 Å². The Labute approximate surface area is 109 Å².